The van der Waals surface area contributed by atoms with E-state index in [9.17, 15) is 4.79 Å². The first kappa shape index (κ1) is 14.6. The fourth-order valence-corrected chi connectivity index (χ4v) is 3.05. The summed E-state index contributed by atoms with van der Waals surface area (Å²) in [5.41, 5.74) is 2.39. The van der Waals surface area contributed by atoms with E-state index in [0.717, 1.165) is 28.8 Å². The summed E-state index contributed by atoms with van der Waals surface area (Å²) in [5.74, 6) is 0.145. The van der Waals surface area contributed by atoms with Crippen molar-refractivity contribution in [2.24, 2.45) is 5.41 Å². The van der Waals surface area contributed by atoms with Gasteiger partial charge < -0.3 is 4.90 Å². The summed E-state index contributed by atoms with van der Waals surface area (Å²) in [5, 5.41) is 0. The van der Waals surface area contributed by atoms with E-state index >= 15 is 0 Å². The number of nitrogens with zero attached hydrogens (tertiary/aromatic N) is 1. The Labute approximate surface area is 124 Å². The van der Waals surface area contributed by atoms with Gasteiger partial charge in [0.15, 0.2) is 5.78 Å². The fourth-order valence-electron chi connectivity index (χ4n) is 2.71. The van der Waals surface area contributed by atoms with Crippen molar-refractivity contribution in [2.45, 2.75) is 40.0 Å². The van der Waals surface area contributed by atoms with Gasteiger partial charge in [0.2, 0.25) is 0 Å². The molecule has 0 amide bonds. The van der Waals surface area contributed by atoms with Crippen LogP contribution in [-0.2, 0) is 0 Å². The lowest BCUT2D eigenvalue weighted by atomic mass is 9.78. The summed E-state index contributed by atoms with van der Waals surface area (Å²) in [6.07, 6.45) is 3.64. The maximum absolute atomic E-state index is 11.8. The van der Waals surface area contributed by atoms with E-state index < -0.39 is 0 Å². The van der Waals surface area contributed by atoms with Crippen molar-refractivity contribution in [3.8, 4) is 0 Å². The van der Waals surface area contributed by atoms with Crippen molar-refractivity contribution in [3.63, 3.8) is 0 Å². The number of Topliss-reactive ketones (excluding diaryl/α,β-unsaturated/α-hetero) is 1. The minimum Gasteiger partial charge on any atom is -0.371 e. The summed E-state index contributed by atoms with van der Waals surface area (Å²) in [7, 11) is 0. The van der Waals surface area contributed by atoms with E-state index in [0.29, 0.717) is 5.41 Å². The molecule has 0 bridgehead atoms. The monoisotopic (exact) mass is 323 g/mol. The third-order valence-corrected chi connectivity index (χ3v) is 5.00. The molecule has 0 aromatic heterocycles. The van der Waals surface area contributed by atoms with Gasteiger partial charge in [-0.05, 0) is 43.4 Å². The molecule has 1 aliphatic heterocycles. The van der Waals surface area contributed by atoms with Gasteiger partial charge in [-0.15, -0.1) is 0 Å². The number of carbonyl (C=O) groups is 1. The predicted molar refractivity (Wildman–Crippen MR) is 84.0 cm³/mol. The molecule has 1 heterocycles. The molecule has 3 heteroatoms. The van der Waals surface area contributed by atoms with Gasteiger partial charge in [-0.3, -0.25) is 4.79 Å². The van der Waals surface area contributed by atoms with Crippen LogP contribution in [0.2, 0.25) is 0 Å². The average molecular weight is 324 g/mol. The van der Waals surface area contributed by atoms with Crippen LogP contribution in [0.3, 0.4) is 0 Å². The molecule has 0 spiro atoms. The lowest BCUT2D eigenvalue weighted by Gasteiger charge is -2.40. The van der Waals surface area contributed by atoms with Gasteiger partial charge in [-0.1, -0.05) is 36.2 Å². The topological polar surface area (TPSA) is 20.3 Å². The van der Waals surface area contributed by atoms with Crippen molar-refractivity contribution < 1.29 is 4.79 Å². The van der Waals surface area contributed by atoms with Crippen LogP contribution in [0.1, 0.15) is 50.4 Å². The Kier molecular flexibility index (Phi) is 4.34. The highest BCUT2D eigenvalue weighted by atomic mass is 79.9. The normalized spacial score (nSPS) is 18.4. The number of hydrogen-bond acceptors (Lipinski definition) is 2. The van der Waals surface area contributed by atoms with Crippen LogP contribution in [0.15, 0.2) is 22.7 Å². The van der Waals surface area contributed by atoms with Crippen molar-refractivity contribution >= 4 is 27.4 Å². The highest BCUT2D eigenvalue weighted by Crippen LogP contribution is 2.37. The minimum absolute atomic E-state index is 0.145. The van der Waals surface area contributed by atoms with Crippen molar-refractivity contribution in [2.75, 3.05) is 18.0 Å². The molecular formula is C16H22BrNO. The highest BCUT2D eigenvalue weighted by Gasteiger charge is 2.29. The lowest BCUT2D eigenvalue weighted by Crippen LogP contribution is -2.39. The summed E-state index contributed by atoms with van der Waals surface area (Å²) in [4.78, 5) is 14.1. The van der Waals surface area contributed by atoms with Gasteiger partial charge in [0.1, 0.15) is 0 Å². The quantitative estimate of drug-likeness (QED) is 0.753. The second-order valence-corrected chi connectivity index (χ2v) is 6.78. The first-order valence-electron chi connectivity index (χ1n) is 7.00. The third-order valence-electron chi connectivity index (χ3n) is 4.50. The molecule has 2 rings (SSSR count). The van der Waals surface area contributed by atoms with E-state index in [1.807, 2.05) is 12.1 Å². The Hall–Kier alpha value is -0.830. The number of benzene rings is 1. The summed E-state index contributed by atoms with van der Waals surface area (Å²) >= 11 is 3.51. The van der Waals surface area contributed by atoms with Crippen LogP contribution in [0.25, 0.3) is 0 Å². The maximum atomic E-state index is 11.8. The molecule has 2 nitrogen and oxygen atoms in total. The van der Waals surface area contributed by atoms with Gasteiger partial charge in [-0.25, -0.2) is 0 Å². The fraction of sp³-hybridized carbons (Fsp3) is 0.562. The van der Waals surface area contributed by atoms with Gasteiger partial charge in [-0.2, -0.15) is 0 Å². The van der Waals surface area contributed by atoms with E-state index in [2.05, 4.69) is 40.7 Å². The smallest absolute Gasteiger partial charge is 0.161 e. The molecule has 19 heavy (non-hydrogen) atoms. The Balaban J connectivity index is 2.24. The van der Waals surface area contributed by atoms with Crippen LogP contribution in [0.5, 0.6) is 0 Å². The molecule has 0 N–H and O–H groups in total. The number of anilines is 1. The standard InChI is InChI=1S/C16H22BrNO/c1-4-16(3)7-9-18(10-8-16)15-11-13(17)5-6-14(15)12(2)19/h5-6,11H,4,7-10H2,1-3H3. The van der Waals surface area contributed by atoms with Gasteiger partial charge in [0, 0.05) is 28.8 Å². The Morgan fingerprint density at radius 2 is 2.00 bits per heavy atom. The van der Waals surface area contributed by atoms with E-state index in [4.69, 9.17) is 0 Å². The number of hydrogen-bond donors (Lipinski definition) is 0. The number of carbonyl (C=O) groups excluding carboxylic acids is 1. The molecule has 1 fully saturated rings. The largest absolute Gasteiger partial charge is 0.371 e. The van der Waals surface area contributed by atoms with Gasteiger partial charge >= 0.3 is 0 Å². The number of ketones is 1. The first-order chi connectivity index (χ1) is 8.95. The predicted octanol–water partition coefficient (Wildman–Crippen LogP) is 4.67. The number of halogens is 1. The zero-order chi connectivity index (χ0) is 14.0. The third kappa shape index (κ3) is 3.19. The molecule has 0 aliphatic carbocycles. The summed E-state index contributed by atoms with van der Waals surface area (Å²) in [6, 6.07) is 5.95. The van der Waals surface area contributed by atoms with Crippen molar-refractivity contribution in [3.05, 3.63) is 28.2 Å². The van der Waals surface area contributed by atoms with E-state index in [1.54, 1.807) is 6.92 Å². The second kappa shape index (κ2) is 5.66. The van der Waals surface area contributed by atoms with E-state index in [1.165, 1.54) is 19.3 Å². The van der Waals surface area contributed by atoms with E-state index in [-0.39, 0.29) is 5.78 Å². The maximum Gasteiger partial charge on any atom is 0.161 e. The summed E-state index contributed by atoms with van der Waals surface area (Å²) in [6.45, 7) is 8.38. The first-order valence-corrected chi connectivity index (χ1v) is 7.80. The molecule has 0 saturated carbocycles. The summed E-state index contributed by atoms with van der Waals surface area (Å²) < 4.78 is 1.04. The Morgan fingerprint density at radius 3 is 2.53 bits per heavy atom. The molecule has 1 saturated heterocycles. The molecule has 1 aliphatic rings. The minimum atomic E-state index is 0.145. The van der Waals surface area contributed by atoms with Gasteiger partial charge in [0.25, 0.3) is 0 Å². The van der Waals surface area contributed by atoms with Crippen molar-refractivity contribution in [1.29, 1.82) is 0 Å². The SMILES string of the molecule is CCC1(C)CCN(c2cc(Br)ccc2C(C)=O)CC1. The Bertz CT molecular complexity index is 476. The average Bonchev–Trinajstić information content (AvgIpc) is 2.39. The molecule has 0 unspecified atom stereocenters. The zero-order valence-electron chi connectivity index (χ0n) is 12.0. The molecule has 0 atom stereocenters. The van der Waals surface area contributed by atoms with Crippen LogP contribution in [0, 0.1) is 5.41 Å². The van der Waals surface area contributed by atoms with Crippen molar-refractivity contribution in [1.82, 2.24) is 0 Å². The van der Waals surface area contributed by atoms with Crippen LogP contribution in [0.4, 0.5) is 5.69 Å². The molecular weight excluding hydrogens is 302 g/mol. The second-order valence-electron chi connectivity index (χ2n) is 5.87. The van der Waals surface area contributed by atoms with Crippen LogP contribution in [-0.4, -0.2) is 18.9 Å². The van der Waals surface area contributed by atoms with Crippen LogP contribution < -0.4 is 4.90 Å². The Morgan fingerprint density at radius 1 is 1.37 bits per heavy atom. The van der Waals surface area contributed by atoms with Crippen LogP contribution >= 0.6 is 15.9 Å². The number of piperidine rings is 1. The van der Waals surface area contributed by atoms with Gasteiger partial charge in [0.05, 0.1) is 0 Å². The zero-order valence-corrected chi connectivity index (χ0v) is 13.6. The highest BCUT2D eigenvalue weighted by molar-refractivity contribution is 9.10. The molecule has 104 valence electrons. The molecule has 1 aromatic carbocycles. The number of rotatable bonds is 3. The lowest BCUT2D eigenvalue weighted by molar-refractivity contribution is 0.101. The molecule has 1 aromatic rings. The molecule has 0 radical (unpaired) electrons.